The Morgan fingerprint density at radius 2 is 2.17 bits per heavy atom. The Morgan fingerprint density at radius 3 is 2.78 bits per heavy atom. The quantitative estimate of drug-likeness (QED) is 0.812. The van der Waals surface area contributed by atoms with Gasteiger partial charge in [-0.25, -0.2) is 9.97 Å². The van der Waals surface area contributed by atoms with E-state index in [2.05, 4.69) is 9.97 Å². The van der Waals surface area contributed by atoms with Crippen LogP contribution >= 0.6 is 0 Å². The molecule has 6 nitrogen and oxygen atoms in total. The lowest BCUT2D eigenvalue weighted by Crippen LogP contribution is -2.40. The molecule has 1 fully saturated rings. The first-order chi connectivity index (χ1) is 8.43. The van der Waals surface area contributed by atoms with Crippen LogP contribution in [0.1, 0.15) is 30.4 Å². The number of aryl methyl sites for hydroxylation is 1. The molecule has 0 aliphatic carbocycles. The van der Waals surface area contributed by atoms with E-state index in [0.29, 0.717) is 12.4 Å². The fraction of sp³-hybridized carbons (Fsp3) is 0.636. The number of nitrogens with zero attached hydrogens (tertiary/aromatic N) is 4. The van der Waals surface area contributed by atoms with Gasteiger partial charge in [0.2, 0.25) is 0 Å². The third kappa shape index (κ3) is 2.38. The highest BCUT2D eigenvalue weighted by atomic mass is 32.2. The van der Waals surface area contributed by atoms with E-state index >= 15 is 0 Å². The molecule has 0 unspecified atom stereocenters. The predicted octanol–water partition coefficient (Wildman–Crippen LogP) is 0.728. The molecule has 0 saturated carbocycles. The van der Waals surface area contributed by atoms with Crippen molar-refractivity contribution in [3.63, 3.8) is 0 Å². The van der Waals surface area contributed by atoms with Crippen LogP contribution in [-0.2, 0) is 10.2 Å². The summed E-state index contributed by atoms with van der Waals surface area (Å²) in [6.45, 7) is 2.41. The molecule has 100 valence electrons. The van der Waals surface area contributed by atoms with E-state index < -0.39 is 10.2 Å². The van der Waals surface area contributed by atoms with Crippen molar-refractivity contribution in [1.29, 1.82) is 0 Å². The second-order valence-corrected chi connectivity index (χ2v) is 6.71. The van der Waals surface area contributed by atoms with Crippen LogP contribution < -0.4 is 0 Å². The predicted molar refractivity (Wildman–Crippen MR) is 68.1 cm³/mol. The van der Waals surface area contributed by atoms with E-state index in [1.807, 2.05) is 13.0 Å². The lowest BCUT2D eigenvalue weighted by molar-refractivity contribution is 0.352. The van der Waals surface area contributed by atoms with E-state index in [1.165, 1.54) is 8.61 Å². The van der Waals surface area contributed by atoms with Gasteiger partial charge in [-0.05, 0) is 25.8 Å². The summed E-state index contributed by atoms with van der Waals surface area (Å²) in [5, 5.41) is 0. The van der Waals surface area contributed by atoms with Crippen LogP contribution in [-0.4, -0.2) is 47.6 Å². The summed E-state index contributed by atoms with van der Waals surface area (Å²) in [4.78, 5) is 8.55. The minimum Gasteiger partial charge on any atom is -0.240 e. The maximum atomic E-state index is 12.2. The van der Waals surface area contributed by atoms with Crippen LogP contribution in [0.3, 0.4) is 0 Å². The van der Waals surface area contributed by atoms with Crippen LogP contribution in [0.5, 0.6) is 0 Å². The van der Waals surface area contributed by atoms with Gasteiger partial charge in [0.1, 0.15) is 5.82 Å². The van der Waals surface area contributed by atoms with Crippen molar-refractivity contribution in [3.8, 4) is 0 Å². The van der Waals surface area contributed by atoms with Crippen LogP contribution in [0.25, 0.3) is 0 Å². The first-order valence-electron chi connectivity index (χ1n) is 5.92. The minimum atomic E-state index is -3.40. The van der Waals surface area contributed by atoms with Crippen LogP contribution in [0, 0.1) is 6.92 Å². The number of hydrogen-bond donors (Lipinski definition) is 0. The van der Waals surface area contributed by atoms with Crippen molar-refractivity contribution >= 4 is 10.2 Å². The van der Waals surface area contributed by atoms with Gasteiger partial charge < -0.3 is 0 Å². The van der Waals surface area contributed by atoms with E-state index in [9.17, 15) is 8.42 Å². The summed E-state index contributed by atoms with van der Waals surface area (Å²) in [7, 11) is -0.313. The summed E-state index contributed by atoms with van der Waals surface area (Å²) in [6.07, 6.45) is 3.29. The van der Waals surface area contributed by atoms with Crippen LogP contribution in [0.15, 0.2) is 12.3 Å². The van der Waals surface area contributed by atoms with Crippen LogP contribution in [0.2, 0.25) is 0 Å². The average molecular weight is 270 g/mol. The largest absolute Gasteiger partial charge is 0.282 e. The molecule has 1 saturated heterocycles. The van der Waals surface area contributed by atoms with Gasteiger partial charge in [0.05, 0.1) is 6.04 Å². The van der Waals surface area contributed by atoms with Gasteiger partial charge in [0, 0.05) is 32.5 Å². The number of aromatic nitrogens is 2. The van der Waals surface area contributed by atoms with E-state index in [4.69, 9.17) is 0 Å². The van der Waals surface area contributed by atoms with Crippen molar-refractivity contribution in [2.24, 2.45) is 0 Å². The summed E-state index contributed by atoms with van der Waals surface area (Å²) in [6, 6.07) is 1.57. The lowest BCUT2D eigenvalue weighted by Gasteiger charge is -2.26. The zero-order valence-corrected chi connectivity index (χ0v) is 11.7. The molecule has 1 aromatic heterocycles. The molecule has 0 N–H and O–H groups in total. The minimum absolute atomic E-state index is 0.239. The zero-order chi connectivity index (χ0) is 13.3. The Hall–Kier alpha value is -1.05. The molecule has 0 amide bonds. The maximum Gasteiger partial charge on any atom is 0.282 e. The molecule has 1 atom stereocenters. The third-order valence-corrected chi connectivity index (χ3v) is 5.03. The SMILES string of the molecule is Cc1ccnc([C@H]2CCCN2S(=O)(=O)N(C)C)n1. The Bertz CT molecular complexity index is 530. The highest BCUT2D eigenvalue weighted by molar-refractivity contribution is 7.86. The van der Waals surface area contributed by atoms with Gasteiger partial charge in [-0.2, -0.15) is 17.0 Å². The fourth-order valence-electron chi connectivity index (χ4n) is 2.11. The molecule has 7 heteroatoms. The fourth-order valence-corrected chi connectivity index (χ4v) is 3.41. The molecule has 0 aromatic carbocycles. The summed E-state index contributed by atoms with van der Waals surface area (Å²) in [5.74, 6) is 0.595. The first-order valence-corrected chi connectivity index (χ1v) is 7.31. The summed E-state index contributed by atoms with van der Waals surface area (Å²) < 4.78 is 27.1. The first kappa shape index (κ1) is 13.4. The third-order valence-electron chi connectivity index (χ3n) is 3.07. The highest BCUT2D eigenvalue weighted by Gasteiger charge is 2.37. The molecule has 1 aromatic rings. The summed E-state index contributed by atoms with van der Waals surface area (Å²) in [5.41, 5.74) is 0.856. The molecule has 2 rings (SSSR count). The summed E-state index contributed by atoms with van der Waals surface area (Å²) >= 11 is 0. The second-order valence-electron chi connectivity index (χ2n) is 4.62. The lowest BCUT2D eigenvalue weighted by atomic mass is 10.2. The molecule has 0 spiro atoms. The average Bonchev–Trinajstić information content (AvgIpc) is 2.78. The van der Waals surface area contributed by atoms with Crippen molar-refractivity contribution in [1.82, 2.24) is 18.6 Å². The zero-order valence-electron chi connectivity index (χ0n) is 10.9. The Balaban J connectivity index is 2.34. The van der Waals surface area contributed by atoms with Gasteiger partial charge in [-0.15, -0.1) is 0 Å². The normalized spacial score (nSPS) is 21.7. The highest BCUT2D eigenvalue weighted by Crippen LogP contribution is 2.32. The Morgan fingerprint density at radius 1 is 1.44 bits per heavy atom. The molecule has 1 aliphatic rings. The van der Waals surface area contributed by atoms with E-state index in [1.54, 1.807) is 20.3 Å². The molecule has 1 aliphatic heterocycles. The molecule has 0 bridgehead atoms. The second kappa shape index (κ2) is 4.91. The molecular weight excluding hydrogens is 252 g/mol. The molecular formula is C11H18N4O2S. The van der Waals surface area contributed by atoms with E-state index in [0.717, 1.165) is 18.5 Å². The van der Waals surface area contributed by atoms with Gasteiger partial charge >= 0.3 is 0 Å². The van der Waals surface area contributed by atoms with Crippen molar-refractivity contribution in [2.75, 3.05) is 20.6 Å². The Labute approximate surface area is 108 Å². The number of rotatable bonds is 3. The monoisotopic (exact) mass is 270 g/mol. The van der Waals surface area contributed by atoms with Gasteiger partial charge in [-0.1, -0.05) is 0 Å². The van der Waals surface area contributed by atoms with E-state index in [-0.39, 0.29) is 6.04 Å². The van der Waals surface area contributed by atoms with Crippen molar-refractivity contribution < 1.29 is 8.42 Å². The van der Waals surface area contributed by atoms with Gasteiger partial charge in [0.15, 0.2) is 0 Å². The maximum absolute atomic E-state index is 12.2. The topological polar surface area (TPSA) is 66.4 Å². The standard InChI is InChI=1S/C11H18N4O2S/c1-9-6-7-12-11(13-9)10-5-4-8-15(10)18(16,17)14(2)3/h6-7,10H,4-5,8H2,1-3H3/t10-/m1/s1. The van der Waals surface area contributed by atoms with Gasteiger partial charge in [0.25, 0.3) is 10.2 Å². The van der Waals surface area contributed by atoms with Crippen LogP contribution in [0.4, 0.5) is 0 Å². The molecule has 18 heavy (non-hydrogen) atoms. The number of hydrogen-bond acceptors (Lipinski definition) is 4. The van der Waals surface area contributed by atoms with Crippen molar-refractivity contribution in [2.45, 2.75) is 25.8 Å². The smallest absolute Gasteiger partial charge is 0.240 e. The Kier molecular flexibility index (Phi) is 3.65. The van der Waals surface area contributed by atoms with Gasteiger partial charge in [-0.3, -0.25) is 0 Å². The van der Waals surface area contributed by atoms with Crippen molar-refractivity contribution in [3.05, 3.63) is 23.8 Å². The molecule has 0 radical (unpaired) electrons. The molecule has 2 heterocycles.